The normalized spacial score (nSPS) is 12.9. The molecule has 34 heavy (non-hydrogen) atoms. The third-order valence-corrected chi connectivity index (χ3v) is 6.64. The van der Waals surface area contributed by atoms with Crippen LogP contribution in [0.5, 0.6) is 5.75 Å². The number of halogens is 3. The molecule has 4 rings (SSSR count). The minimum atomic E-state index is -4.93. The molecule has 0 amide bonds. The molecule has 2 aromatic heterocycles. The van der Waals surface area contributed by atoms with Crippen LogP contribution < -0.4 is 4.74 Å². The average Bonchev–Trinajstić information content (AvgIpc) is 3.40. The van der Waals surface area contributed by atoms with Crippen molar-refractivity contribution in [1.29, 1.82) is 0 Å². The van der Waals surface area contributed by atoms with Crippen molar-refractivity contribution in [2.24, 2.45) is 7.05 Å². The van der Waals surface area contributed by atoms with Gasteiger partial charge in [0.25, 0.3) is 0 Å². The molecular formula is C23H22F3N3O4S. The van der Waals surface area contributed by atoms with Gasteiger partial charge in [0.2, 0.25) is 0 Å². The maximum atomic E-state index is 13.2. The highest BCUT2D eigenvalue weighted by Crippen LogP contribution is 2.41. The Morgan fingerprint density at radius 1 is 1.29 bits per heavy atom. The molecule has 0 spiro atoms. The van der Waals surface area contributed by atoms with Crippen LogP contribution in [-0.2, 0) is 23.2 Å². The molecule has 4 aromatic rings. The number of fused-ring (bicyclic) bond motifs is 2. The third kappa shape index (κ3) is 4.58. The van der Waals surface area contributed by atoms with Crippen LogP contribution in [0.2, 0.25) is 0 Å². The molecule has 0 saturated heterocycles. The topological polar surface area (TPSA) is 86.5 Å². The van der Waals surface area contributed by atoms with Crippen molar-refractivity contribution in [1.82, 2.24) is 15.0 Å². The van der Waals surface area contributed by atoms with Gasteiger partial charge in [-0.1, -0.05) is 11.3 Å². The first kappa shape index (κ1) is 24.0. The number of rotatable bonds is 7. The molecule has 1 atom stereocenters. The molecule has 0 aliphatic heterocycles. The van der Waals surface area contributed by atoms with E-state index in [1.165, 1.54) is 29.1 Å². The van der Waals surface area contributed by atoms with Crippen LogP contribution in [0.4, 0.5) is 13.2 Å². The smallest absolute Gasteiger partial charge is 0.466 e. The van der Waals surface area contributed by atoms with Gasteiger partial charge in [0, 0.05) is 17.7 Å². The first-order chi connectivity index (χ1) is 16.1. The van der Waals surface area contributed by atoms with Gasteiger partial charge in [-0.15, -0.1) is 29.6 Å². The van der Waals surface area contributed by atoms with Crippen LogP contribution in [0.25, 0.3) is 21.1 Å². The molecular weight excluding hydrogens is 471 g/mol. The summed E-state index contributed by atoms with van der Waals surface area (Å²) in [6.07, 6.45) is -5.05. The third-order valence-electron chi connectivity index (χ3n) is 5.64. The molecule has 2 aromatic carbocycles. The highest BCUT2D eigenvalue weighted by atomic mass is 32.1. The summed E-state index contributed by atoms with van der Waals surface area (Å²) in [4.78, 5) is 12.5. The van der Waals surface area contributed by atoms with Gasteiger partial charge < -0.3 is 14.6 Å². The van der Waals surface area contributed by atoms with Crippen molar-refractivity contribution in [3.05, 3.63) is 51.9 Å². The van der Waals surface area contributed by atoms with Gasteiger partial charge in [-0.05, 0) is 65.1 Å². The van der Waals surface area contributed by atoms with E-state index in [4.69, 9.17) is 4.74 Å². The largest absolute Gasteiger partial charge is 0.573 e. The van der Waals surface area contributed by atoms with Crippen molar-refractivity contribution < 1.29 is 32.5 Å². The number of nitrogens with zero attached hydrogens (tertiary/aromatic N) is 3. The van der Waals surface area contributed by atoms with Crippen molar-refractivity contribution >= 4 is 38.4 Å². The number of ether oxygens (including phenoxy) is 2. The highest BCUT2D eigenvalue weighted by molar-refractivity contribution is 7.17. The van der Waals surface area contributed by atoms with Gasteiger partial charge in [-0.3, -0.25) is 4.79 Å². The van der Waals surface area contributed by atoms with E-state index in [0.717, 1.165) is 10.1 Å². The Morgan fingerprint density at radius 3 is 2.74 bits per heavy atom. The number of aryl methyl sites for hydroxylation is 2. The number of esters is 1. The van der Waals surface area contributed by atoms with Crippen LogP contribution >= 0.6 is 11.3 Å². The van der Waals surface area contributed by atoms with Gasteiger partial charge in [-0.25, -0.2) is 4.68 Å². The number of carbonyl (C=O) groups excluding carboxylic acids is 1. The summed E-state index contributed by atoms with van der Waals surface area (Å²) in [7, 11) is 1.48. The standard InChI is InChI=1S/C23H22F3N3O4S/c1-4-32-19(31)10-17(14-7-13-5-6-34-22(13)15(8-14)11-30)16-9-18(33-23(24,25)26)21-20(12(16)2)27-28-29(21)3/h5-9,17,30H,4,10-11H2,1-3H3/t17-/m0/s1. The van der Waals surface area contributed by atoms with Crippen LogP contribution in [0.1, 0.15) is 41.5 Å². The van der Waals surface area contributed by atoms with E-state index < -0.39 is 24.0 Å². The molecule has 7 nitrogen and oxygen atoms in total. The van der Waals surface area contributed by atoms with Crippen LogP contribution in [-0.4, -0.2) is 39.0 Å². The summed E-state index contributed by atoms with van der Waals surface area (Å²) >= 11 is 1.48. The van der Waals surface area contributed by atoms with Crippen LogP contribution in [0.15, 0.2) is 29.6 Å². The van der Waals surface area contributed by atoms with Crippen molar-refractivity contribution in [2.75, 3.05) is 6.61 Å². The molecule has 0 aliphatic carbocycles. The fraction of sp³-hybridized carbons (Fsp3) is 0.348. The Labute approximate surface area is 196 Å². The monoisotopic (exact) mass is 493 g/mol. The Balaban J connectivity index is 1.96. The summed E-state index contributed by atoms with van der Waals surface area (Å²) in [6.45, 7) is 3.35. The Kier molecular flexibility index (Phi) is 6.50. The molecule has 180 valence electrons. The summed E-state index contributed by atoms with van der Waals surface area (Å²) in [6, 6.07) is 6.82. The molecule has 11 heteroatoms. The lowest BCUT2D eigenvalue weighted by molar-refractivity contribution is -0.274. The first-order valence-electron chi connectivity index (χ1n) is 10.5. The number of hydrogen-bond acceptors (Lipinski definition) is 7. The minimum Gasteiger partial charge on any atom is -0.466 e. The van der Waals surface area contributed by atoms with E-state index in [-0.39, 0.29) is 30.7 Å². The van der Waals surface area contributed by atoms with Gasteiger partial charge in [0.05, 0.1) is 19.6 Å². The fourth-order valence-corrected chi connectivity index (χ4v) is 5.09. The molecule has 1 N–H and O–H groups in total. The van der Waals surface area contributed by atoms with Crippen LogP contribution in [0.3, 0.4) is 0 Å². The number of aromatic nitrogens is 3. The number of thiophene rings is 1. The summed E-state index contributed by atoms with van der Waals surface area (Å²) in [5, 5.41) is 20.6. The van der Waals surface area contributed by atoms with Crippen LogP contribution in [0, 0.1) is 6.92 Å². The molecule has 0 unspecified atom stereocenters. The number of aliphatic hydroxyl groups excluding tert-OH is 1. The van der Waals surface area contributed by atoms with E-state index >= 15 is 0 Å². The maximum absolute atomic E-state index is 13.2. The SMILES string of the molecule is CCOC(=O)C[C@@H](c1cc(CO)c2sccc2c1)c1cc(OC(F)(F)F)c2c(nnn2C)c1C. The number of alkyl halides is 3. The number of benzene rings is 2. The second-order valence-electron chi connectivity index (χ2n) is 7.79. The molecule has 0 radical (unpaired) electrons. The van der Waals surface area contributed by atoms with E-state index in [9.17, 15) is 23.1 Å². The predicted octanol–water partition coefficient (Wildman–Crippen LogP) is 4.97. The molecule has 0 fully saturated rings. The zero-order chi connectivity index (χ0) is 24.6. The predicted molar refractivity (Wildman–Crippen MR) is 121 cm³/mol. The van der Waals surface area contributed by atoms with Gasteiger partial charge in [0.1, 0.15) is 11.0 Å². The minimum absolute atomic E-state index is 0.0952. The second kappa shape index (κ2) is 9.22. The summed E-state index contributed by atoms with van der Waals surface area (Å²) < 4.78 is 51.3. The summed E-state index contributed by atoms with van der Waals surface area (Å²) in [5.41, 5.74) is 2.67. The quantitative estimate of drug-likeness (QED) is 0.366. The number of aliphatic hydroxyl groups is 1. The zero-order valence-electron chi connectivity index (χ0n) is 18.6. The average molecular weight is 494 g/mol. The lowest BCUT2D eigenvalue weighted by Gasteiger charge is -2.22. The number of carbonyl (C=O) groups is 1. The van der Waals surface area contributed by atoms with E-state index in [1.54, 1.807) is 19.9 Å². The zero-order valence-corrected chi connectivity index (χ0v) is 19.5. The highest BCUT2D eigenvalue weighted by Gasteiger charge is 2.34. The van der Waals surface area contributed by atoms with E-state index in [2.05, 4.69) is 15.0 Å². The van der Waals surface area contributed by atoms with Crippen molar-refractivity contribution in [2.45, 2.75) is 39.2 Å². The fourth-order valence-electron chi connectivity index (χ4n) is 4.20. The Morgan fingerprint density at radius 2 is 2.06 bits per heavy atom. The summed E-state index contributed by atoms with van der Waals surface area (Å²) in [5.74, 6) is -1.63. The second-order valence-corrected chi connectivity index (χ2v) is 8.70. The number of hydrogen-bond donors (Lipinski definition) is 1. The lowest BCUT2D eigenvalue weighted by atomic mass is 9.84. The molecule has 2 heterocycles. The van der Waals surface area contributed by atoms with E-state index in [0.29, 0.717) is 22.3 Å². The molecule has 0 saturated carbocycles. The van der Waals surface area contributed by atoms with Crippen molar-refractivity contribution in [3.8, 4) is 5.75 Å². The Hall–Kier alpha value is -3.18. The van der Waals surface area contributed by atoms with Gasteiger partial charge >= 0.3 is 12.3 Å². The lowest BCUT2D eigenvalue weighted by Crippen LogP contribution is -2.19. The Bertz CT molecular complexity index is 1360. The van der Waals surface area contributed by atoms with Gasteiger partial charge in [0.15, 0.2) is 5.75 Å². The van der Waals surface area contributed by atoms with Crippen molar-refractivity contribution in [3.63, 3.8) is 0 Å². The molecule has 0 bridgehead atoms. The van der Waals surface area contributed by atoms with E-state index in [1.807, 2.05) is 17.5 Å². The maximum Gasteiger partial charge on any atom is 0.573 e. The van der Waals surface area contributed by atoms with Gasteiger partial charge in [-0.2, -0.15) is 0 Å². The first-order valence-corrected chi connectivity index (χ1v) is 11.4. The molecule has 0 aliphatic rings.